The smallest absolute Gasteiger partial charge is 0.125 e. The Kier molecular flexibility index (Phi) is 4.04. The van der Waals surface area contributed by atoms with Crippen LogP contribution in [0.25, 0.3) is 0 Å². The summed E-state index contributed by atoms with van der Waals surface area (Å²) < 4.78 is 4.06. The molecule has 5 heteroatoms. The predicted octanol–water partition coefficient (Wildman–Crippen LogP) is 1.89. The Morgan fingerprint density at radius 2 is 2.11 bits per heavy atom. The summed E-state index contributed by atoms with van der Waals surface area (Å²) in [6, 6.07) is -0.0804. The van der Waals surface area contributed by atoms with Crippen molar-refractivity contribution in [2.45, 2.75) is 46.2 Å². The number of hydrogen-bond acceptors (Lipinski definition) is 3. The highest BCUT2D eigenvalue weighted by Crippen LogP contribution is 2.20. The number of nitrogens with two attached hydrogens (primary N) is 1. The molecule has 0 aromatic carbocycles. The Morgan fingerprint density at radius 1 is 1.37 bits per heavy atom. The van der Waals surface area contributed by atoms with Crippen molar-refractivity contribution >= 4 is 0 Å². The molecule has 1 atom stereocenters. The SMILES string of the molecule is CCCn1ccnc1C(N)Cc1c(C)nn(C)c1C. The van der Waals surface area contributed by atoms with Gasteiger partial charge >= 0.3 is 0 Å². The molecule has 0 saturated heterocycles. The monoisotopic (exact) mass is 261 g/mol. The second kappa shape index (κ2) is 5.57. The van der Waals surface area contributed by atoms with Crippen molar-refractivity contribution in [2.75, 3.05) is 0 Å². The van der Waals surface area contributed by atoms with E-state index in [1.54, 1.807) is 0 Å². The van der Waals surface area contributed by atoms with Gasteiger partial charge in [-0.15, -0.1) is 0 Å². The van der Waals surface area contributed by atoms with E-state index in [9.17, 15) is 0 Å². The van der Waals surface area contributed by atoms with Crippen LogP contribution < -0.4 is 5.73 Å². The molecule has 0 aliphatic carbocycles. The molecule has 5 nitrogen and oxygen atoms in total. The highest BCUT2D eigenvalue weighted by Gasteiger charge is 2.17. The van der Waals surface area contributed by atoms with Gasteiger partial charge in [-0.25, -0.2) is 4.98 Å². The minimum absolute atomic E-state index is 0.0804. The molecule has 1 unspecified atom stereocenters. The molecular weight excluding hydrogens is 238 g/mol. The molecule has 0 spiro atoms. The first kappa shape index (κ1) is 13.8. The third-order valence-corrected chi connectivity index (χ3v) is 3.63. The van der Waals surface area contributed by atoms with Gasteiger partial charge in [-0.1, -0.05) is 6.92 Å². The zero-order valence-electron chi connectivity index (χ0n) is 12.2. The van der Waals surface area contributed by atoms with Gasteiger partial charge in [0.1, 0.15) is 5.82 Å². The van der Waals surface area contributed by atoms with Gasteiger partial charge in [0.05, 0.1) is 11.7 Å². The van der Waals surface area contributed by atoms with Crippen LogP contribution in [0.1, 0.15) is 42.2 Å². The van der Waals surface area contributed by atoms with Crippen molar-refractivity contribution in [2.24, 2.45) is 12.8 Å². The Bertz CT molecular complexity index is 552. The summed E-state index contributed by atoms with van der Waals surface area (Å²) in [5.74, 6) is 0.963. The van der Waals surface area contributed by atoms with E-state index in [0.29, 0.717) is 0 Å². The van der Waals surface area contributed by atoms with Crippen LogP contribution in [0, 0.1) is 13.8 Å². The van der Waals surface area contributed by atoms with Crippen molar-refractivity contribution in [3.63, 3.8) is 0 Å². The van der Waals surface area contributed by atoms with Crippen molar-refractivity contribution in [1.29, 1.82) is 0 Å². The summed E-state index contributed by atoms with van der Waals surface area (Å²) in [5, 5.41) is 4.44. The maximum Gasteiger partial charge on any atom is 0.125 e. The zero-order chi connectivity index (χ0) is 14.0. The third-order valence-electron chi connectivity index (χ3n) is 3.63. The summed E-state index contributed by atoms with van der Waals surface area (Å²) in [4.78, 5) is 4.41. The average Bonchev–Trinajstić information content (AvgIpc) is 2.91. The maximum atomic E-state index is 6.33. The number of nitrogens with zero attached hydrogens (tertiary/aromatic N) is 4. The molecule has 2 rings (SSSR count). The minimum Gasteiger partial charge on any atom is -0.334 e. The van der Waals surface area contributed by atoms with Gasteiger partial charge in [0.15, 0.2) is 0 Å². The number of hydrogen-bond donors (Lipinski definition) is 1. The Labute approximate surface area is 114 Å². The Morgan fingerprint density at radius 3 is 2.68 bits per heavy atom. The summed E-state index contributed by atoms with van der Waals surface area (Å²) in [7, 11) is 1.97. The van der Waals surface area contributed by atoms with E-state index in [0.717, 1.165) is 30.9 Å². The van der Waals surface area contributed by atoms with Gasteiger partial charge in [0.25, 0.3) is 0 Å². The van der Waals surface area contributed by atoms with E-state index >= 15 is 0 Å². The summed E-state index contributed by atoms with van der Waals surface area (Å²) in [6.07, 6.45) is 5.70. The van der Waals surface area contributed by atoms with Crippen LogP contribution in [-0.2, 0) is 20.0 Å². The summed E-state index contributed by atoms with van der Waals surface area (Å²) in [5.41, 5.74) is 9.81. The highest BCUT2D eigenvalue weighted by atomic mass is 15.3. The van der Waals surface area contributed by atoms with Crippen LogP contribution in [-0.4, -0.2) is 19.3 Å². The lowest BCUT2D eigenvalue weighted by Gasteiger charge is -2.14. The number of aryl methyl sites for hydroxylation is 3. The van der Waals surface area contributed by atoms with Gasteiger partial charge in [-0.2, -0.15) is 5.10 Å². The van der Waals surface area contributed by atoms with Gasteiger partial charge in [-0.05, 0) is 32.3 Å². The van der Waals surface area contributed by atoms with Gasteiger partial charge < -0.3 is 10.3 Å². The van der Waals surface area contributed by atoms with Gasteiger partial charge in [0.2, 0.25) is 0 Å². The fourth-order valence-corrected chi connectivity index (χ4v) is 2.50. The van der Waals surface area contributed by atoms with E-state index < -0.39 is 0 Å². The van der Waals surface area contributed by atoms with E-state index in [1.165, 1.54) is 11.3 Å². The second-order valence-electron chi connectivity index (χ2n) is 5.06. The van der Waals surface area contributed by atoms with Crippen LogP contribution in [0.2, 0.25) is 0 Å². The van der Waals surface area contributed by atoms with Crippen molar-refractivity contribution in [1.82, 2.24) is 19.3 Å². The first-order valence-electron chi connectivity index (χ1n) is 6.80. The second-order valence-corrected chi connectivity index (χ2v) is 5.06. The van der Waals surface area contributed by atoms with Crippen LogP contribution in [0.3, 0.4) is 0 Å². The number of imidazole rings is 1. The molecule has 0 amide bonds. The van der Waals surface area contributed by atoms with Gasteiger partial charge in [-0.3, -0.25) is 4.68 Å². The largest absolute Gasteiger partial charge is 0.334 e. The van der Waals surface area contributed by atoms with Crippen molar-refractivity contribution in [3.05, 3.63) is 35.2 Å². The van der Waals surface area contributed by atoms with E-state index in [-0.39, 0.29) is 6.04 Å². The lowest BCUT2D eigenvalue weighted by Crippen LogP contribution is -2.19. The fraction of sp³-hybridized carbons (Fsp3) is 0.571. The summed E-state index contributed by atoms with van der Waals surface area (Å²) >= 11 is 0. The first-order valence-corrected chi connectivity index (χ1v) is 6.80. The van der Waals surface area contributed by atoms with Gasteiger partial charge in [0, 0.05) is 31.7 Å². The average molecular weight is 261 g/mol. The normalized spacial score (nSPS) is 12.9. The summed E-state index contributed by atoms with van der Waals surface area (Å²) in [6.45, 7) is 7.24. The number of aromatic nitrogens is 4. The Balaban J connectivity index is 2.20. The van der Waals surface area contributed by atoms with E-state index in [1.807, 2.05) is 31.0 Å². The first-order chi connectivity index (χ1) is 9.04. The molecule has 104 valence electrons. The van der Waals surface area contributed by atoms with E-state index in [2.05, 4.69) is 28.5 Å². The standard InChI is InChI=1S/C14H23N5/c1-5-7-19-8-6-16-14(19)13(15)9-12-10(2)17-18(4)11(12)3/h6,8,13H,5,7,9,15H2,1-4H3. The molecule has 0 aliphatic heterocycles. The molecule has 2 heterocycles. The third kappa shape index (κ3) is 2.71. The minimum atomic E-state index is -0.0804. The lowest BCUT2D eigenvalue weighted by atomic mass is 10.0. The maximum absolute atomic E-state index is 6.33. The molecule has 0 aliphatic rings. The van der Waals surface area contributed by atoms with Crippen LogP contribution >= 0.6 is 0 Å². The van der Waals surface area contributed by atoms with E-state index in [4.69, 9.17) is 5.73 Å². The lowest BCUT2D eigenvalue weighted by molar-refractivity contribution is 0.572. The quantitative estimate of drug-likeness (QED) is 0.894. The fourth-order valence-electron chi connectivity index (χ4n) is 2.50. The molecule has 0 saturated carbocycles. The number of rotatable bonds is 5. The molecule has 2 N–H and O–H groups in total. The Hall–Kier alpha value is -1.62. The highest BCUT2D eigenvalue weighted by molar-refractivity contribution is 5.26. The molecule has 2 aromatic rings. The van der Waals surface area contributed by atoms with Crippen LogP contribution in [0.4, 0.5) is 0 Å². The molecule has 0 fully saturated rings. The molecule has 19 heavy (non-hydrogen) atoms. The zero-order valence-corrected chi connectivity index (χ0v) is 12.2. The van der Waals surface area contributed by atoms with Crippen molar-refractivity contribution < 1.29 is 0 Å². The predicted molar refractivity (Wildman–Crippen MR) is 75.8 cm³/mol. The topological polar surface area (TPSA) is 61.7 Å². The van der Waals surface area contributed by atoms with Crippen LogP contribution in [0.15, 0.2) is 12.4 Å². The molecule has 0 radical (unpaired) electrons. The van der Waals surface area contributed by atoms with Crippen LogP contribution in [0.5, 0.6) is 0 Å². The molecule has 0 bridgehead atoms. The molecule has 2 aromatic heterocycles. The molecular formula is C14H23N5. The van der Waals surface area contributed by atoms with Crippen molar-refractivity contribution in [3.8, 4) is 0 Å².